The number of hydrogen-bond donors (Lipinski definition) is 0. The Labute approximate surface area is 145 Å². The Balaban J connectivity index is 1.52. The summed E-state index contributed by atoms with van der Waals surface area (Å²) < 4.78 is 5.38. The average Bonchev–Trinajstić information content (AvgIpc) is 3.11. The van der Waals surface area contributed by atoms with Crippen LogP contribution < -0.4 is 0 Å². The van der Waals surface area contributed by atoms with E-state index in [2.05, 4.69) is 25.9 Å². The molecule has 0 unspecified atom stereocenters. The fourth-order valence-corrected chi connectivity index (χ4v) is 3.19. The lowest BCUT2D eigenvalue weighted by molar-refractivity contribution is 0.242. The van der Waals surface area contributed by atoms with Crippen molar-refractivity contribution in [2.75, 3.05) is 6.54 Å². The summed E-state index contributed by atoms with van der Waals surface area (Å²) in [6.45, 7) is 4.66. The molecule has 0 atom stereocenters. The molecule has 1 aliphatic heterocycles. The van der Waals surface area contributed by atoms with Crippen molar-refractivity contribution in [2.24, 2.45) is 0 Å². The minimum Gasteiger partial charge on any atom is -0.461 e. The summed E-state index contributed by atoms with van der Waals surface area (Å²) in [5, 5.41) is 0.541. The molecule has 3 aromatic heterocycles. The van der Waals surface area contributed by atoms with E-state index < -0.39 is 0 Å². The van der Waals surface area contributed by atoms with Crippen LogP contribution in [0.15, 0.2) is 41.1 Å². The van der Waals surface area contributed by atoms with Gasteiger partial charge in [0.25, 0.3) is 0 Å². The van der Waals surface area contributed by atoms with Gasteiger partial charge in [-0.15, -0.1) is 0 Å². The molecule has 5 nitrogen and oxygen atoms in total. The van der Waals surface area contributed by atoms with Crippen LogP contribution in [0.25, 0.3) is 11.6 Å². The highest BCUT2D eigenvalue weighted by Crippen LogP contribution is 2.23. The van der Waals surface area contributed by atoms with Crippen LogP contribution in [0.4, 0.5) is 0 Å². The largest absolute Gasteiger partial charge is 0.461 e. The Morgan fingerprint density at radius 3 is 2.96 bits per heavy atom. The lowest BCUT2D eigenvalue weighted by Gasteiger charge is -2.28. The fourth-order valence-electron chi connectivity index (χ4n) is 3.00. The monoisotopic (exact) mass is 340 g/mol. The van der Waals surface area contributed by atoms with Gasteiger partial charge in [-0.1, -0.05) is 17.7 Å². The van der Waals surface area contributed by atoms with Crippen LogP contribution in [0.2, 0.25) is 5.15 Å². The third-order valence-electron chi connectivity index (χ3n) is 4.31. The summed E-state index contributed by atoms with van der Waals surface area (Å²) in [7, 11) is 0. The number of aromatic nitrogens is 3. The zero-order chi connectivity index (χ0) is 16.5. The van der Waals surface area contributed by atoms with E-state index in [-0.39, 0.29) is 0 Å². The Morgan fingerprint density at radius 1 is 1.25 bits per heavy atom. The minimum absolute atomic E-state index is 0.541. The predicted molar refractivity (Wildman–Crippen MR) is 91.5 cm³/mol. The summed E-state index contributed by atoms with van der Waals surface area (Å²) in [5.74, 6) is 1.37. The van der Waals surface area contributed by atoms with Gasteiger partial charge >= 0.3 is 0 Å². The first kappa shape index (κ1) is 15.3. The molecule has 0 bridgehead atoms. The maximum absolute atomic E-state index is 5.93. The molecule has 0 spiro atoms. The van der Waals surface area contributed by atoms with Crippen molar-refractivity contribution < 1.29 is 4.42 Å². The molecular weight excluding hydrogens is 324 g/mol. The van der Waals surface area contributed by atoms with Crippen molar-refractivity contribution >= 4 is 11.6 Å². The highest BCUT2D eigenvalue weighted by molar-refractivity contribution is 6.29. The fraction of sp³-hybridized carbons (Fsp3) is 0.278. The maximum atomic E-state index is 5.93. The normalized spacial score (nSPS) is 14.6. The summed E-state index contributed by atoms with van der Waals surface area (Å²) in [6.07, 6.45) is 4.47. The molecule has 24 heavy (non-hydrogen) atoms. The van der Waals surface area contributed by atoms with Gasteiger partial charge in [-0.25, -0.2) is 15.0 Å². The summed E-state index contributed by atoms with van der Waals surface area (Å²) >= 11 is 5.93. The highest BCUT2D eigenvalue weighted by Gasteiger charge is 2.20. The van der Waals surface area contributed by atoms with Gasteiger partial charge in [0, 0.05) is 43.5 Å². The van der Waals surface area contributed by atoms with Crippen molar-refractivity contribution in [3.63, 3.8) is 0 Å². The quantitative estimate of drug-likeness (QED) is 0.681. The van der Waals surface area contributed by atoms with Crippen LogP contribution in [-0.4, -0.2) is 26.4 Å². The topological polar surface area (TPSA) is 55.1 Å². The smallest absolute Gasteiger partial charge is 0.195 e. The third-order valence-corrected chi connectivity index (χ3v) is 4.52. The summed E-state index contributed by atoms with van der Waals surface area (Å²) in [5.41, 5.74) is 4.48. The molecule has 0 N–H and O–H groups in total. The molecular formula is C18H17ClN4O. The molecule has 6 heteroatoms. The van der Waals surface area contributed by atoms with E-state index in [0.29, 0.717) is 16.7 Å². The van der Waals surface area contributed by atoms with E-state index in [1.165, 1.54) is 11.1 Å². The second kappa shape index (κ2) is 6.34. The third kappa shape index (κ3) is 3.05. The zero-order valence-corrected chi connectivity index (χ0v) is 14.1. The number of fused-ring (bicyclic) bond motifs is 1. The molecule has 1 aliphatic rings. The molecule has 122 valence electrons. The highest BCUT2D eigenvalue weighted by atomic mass is 35.5. The zero-order valence-electron chi connectivity index (χ0n) is 13.4. The summed E-state index contributed by atoms with van der Waals surface area (Å²) in [4.78, 5) is 15.8. The molecule has 0 amide bonds. The molecule has 0 saturated heterocycles. The lowest BCUT2D eigenvalue weighted by atomic mass is 10.1. The number of nitrogens with zero attached hydrogens (tertiary/aromatic N) is 4. The van der Waals surface area contributed by atoms with E-state index in [0.717, 1.165) is 37.4 Å². The molecule has 0 fully saturated rings. The van der Waals surface area contributed by atoms with Gasteiger partial charge < -0.3 is 4.42 Å². The van der Waals surface area contributed by atoms with Crippen molar-refractivity contribution in [3.05, 3.63) is 64.4 Å². The van der Waals surface area contributed by atoms with E-state index in [1.54, 1.807) is 6.26 Å². The first-order valence-electron chi connectivity index (χ1n) is 7.92. The Hall–Kier alpha value is -2.24. The van der Waals surface area contributed by atoms with E-state index in [4.69, 9.17) is 16.0 Å². The van der Waals surface area contributed by atoms with E-state index in [1.807, 2.05) is 31.3 Å². The van der Waals surface area contributed by atoms with Gasteiger partial charge in [-0.3, -0.25) is 4.90 Å². The van der Waals surface area contributed by atoms with E-state index in [9.17, 15) is 0 Å². The van der Waals surface area contributed by atoms with E-state index >= 15 is 0 Å². The van der Waals surface area contributed by atoms with Crippen LogP contribution in [0, 0.1) is 6.92 Å². The lowest BCUT2D eigenvalue weighted by Crippen LogP contribution is -2.31. The Kier molecular flexibility index (Phi) is 4.04. The minimum atomic E-state index is 0.541. The number of aryl methyl sites for hydroxylation is 1. The molecule has 0 radical (unpaired) electrons. The number of pyridine rings is 1. The van der Waals surface area contributed by atoms with Crippen molar-refractivity contribution in [1.29, 1.82) is 0 Å². The number of hydrogen-bond acceptors (Lipinski definition) is 5. The Morgan fingerprint density at radius 2 is 2.17 bits per heavy atom. The van der Waals surface area contributed by atoms with Crippen LogP contribution in [-0.2, 0) is 19.5 Å². The van der Waals surface area contributed by atoms with Gasteiger partial charge in [0.15, 0.2) is 11.6 Å². The van der Waals surface area contributed by atoms with Crippen LogP contribution in [0.1, 0.15) is 22.5 Å². The van der Waals surface area contributed by atoms with Gasteiger partial charge in [0.05, 0.1) is 12.0 Å². The number of rotatable bonds is 3. The summed E-state index contributed by atoms with van der Waals surface area (Å²) in [6, 6.07) is 7.63. The van der Waals surface area contributed by atoms with Crippen molar-refractivity contribution in [1.82, 2.24) is 19.9 Å². The van der Waals surface area contributed by atoms with Crippen LogP contribution in [0.3, 0.4) is 0 Å². The van der Waals surface area contributed by atoms with Crippen molar-refractivity contribution in [3.8, 4) is 11.6 Å². The van der Waals surface area contributed by atoms with Crippen LogP contribution >= 0.6 is 11.6 Å². The van der Waals surface area contributed by atoms with Gasteiger partial charge in [-0.2, -0.15) is 0 Å². The molecule has 0 aliphatic carbocycles. The van der Waals surface area contributed by atoms with Crippen molar-refractivity contribution in [2.45, 2.75) is 26.4 Å². The SMILES string of the molecule is Cc1nc(Cl)ccc1CN1CCc2nc(-c3ccco3)ncc2C1. The first-order valence-corrected chi connectivity index (χ1v) is 8.30. The number of halogens is 1. The first-order chi connectivity index (χ1) is 11.7. The molecule has 4 heterocycles. The molecule has 0 aromatic carbocycles. The van der Waals surface area contributed by atoms with Gasteiger partial charge in [-0.05, 0) is 30.7 Å². The molecule has 4 rings (SSSR count). The van der Waals surface area contributed by atoms with Crippen LogP contribution in [0.5, 0.6) is 0 Å². The number of furan rings is 1. The standard InChI is InChI=1S/C18H17ClN4O/c1-12-13(4-5-17(19)21-12)10-23-7-6-15-14(11-23)9-20-18(22-15)16-3-2-8-24-16/h2-5,8-9H,6-7,10-11H2,1H3. The second-order valence-electron chi connectivity index (χ2n) is 5.98. The average molecular weight is 341 g/mol. The Bertz CT molecular complexity index is 863. The molecule has 3 aromatic rings. The second-order valence-corrected chi connectivity index (χ2v) is 6.37. The predicted octanol–water partition coefficient (Wildman–Crippen LogP) is 3.65. The van der Waals surface area contributed by atoms with Gasteiger partial charge in [0.1, 0.15) is 5.15 Å². The maximum Gasteiger partial charge on any atom is 0.195 e. The van der Waals surface area contributed by atoms with Gasteiger partial charge in [0.2, 0.25) is 0 Å². The molecule has 0 saturated carbocycles.